The fraction of sp³-hybridized carbons (Fsp3) is 0.412. The number of rotatable bonds is 5. The van der Waals surface area contributed by atoms with E-state index in [-0.39, 0.29) is 11.9 Å². The van der Waals surface area contributed by atoms with Crippen LogP contribution in [0, 0.1) is 5.41 Å². The molecule has 2 heterocycles. The van der Waals surface area contributed by atoms with Crippen LogP contribution in [0.4, 0.5) is 5.82 Å². The van der Waals surface area contributed by atoms with E-state index in [0.717, 1.165) is 24.1 Å². The molecule has 2 aromatic heterocycles. The predicted molar refractivity (Wildman–Crippen MR) is 87.8 cm³/mol. The van der Waals surface area contributed by atoms with E-state index in [1.807, 2.05) is 23.7 Å². The summed E-state index contributed by atoms with van der Waals surface area (Å²) in [5.74, 6) is -0.135. The SMILES string of the molecule is Cn1cncc1-c1ccc(N(C(=O)C2(C(N)=O)CC2)C2CC2)nc1. The van der Waals surface area contributed by atoms with Crippen LogP contribution in [-0.4, -0.2) is 32.4 Å². The van der Waals surface area contributed by atoms with Crippen LogP contribution in [0.2, 0.25) is 0 Å². The number of carbonyl (C=O) groups excluding carboxylic acids is 2. The lowest BCUT2D eigenvalue weighted by molar-refractivity contribution is -0.133. The van der Waals surface area contributed by atoms with E-state index < -0.39 is 11.3 Å². The standard InChI is InChI=1S/C17H19N5O2/c1-21-10-19-9-13(21)11-2-5-14(20-8-11)22(12-3-4-12)16(24)17(6-7-17)15(18)23/h2,5,8-10,12H,3-4,6-7H2,1H3,(H2,18,23). The van der Waals surface area contributed by atoms with Crippen molar-refractivity contribution in [1.29, 1.82) is 0 Å². The fourth-order valence-corrected chi connectivity index (χ4v) is 3.03. The van der Waals surface area contributed by atoms with Crippen LogP contribution in [0.5, 0.6) is 0 Å². The lowest BCUT2D eigenvalue weighted by atomic mass is 10.0. The van der Waals surface area contributed by atoms with Gasteiger partial charge in [0.25, 0.3) is 0 Å². The van der Waals surface area contributed by atoms with Gasteiger partial charge in [0.2, 0.25) is 11.8 Å². The number of nitrogens with zero attached hydrogens (tertiary/aromatic N) is 4. The second kappa shape index (κ2) is 5.15. The third kappa shape index (κ3) is 2.28. The number of hydrogen-bond acceptors (Lipinski definition) is 4. The van der Waals surface area contributed by atoms with Crippen LogP contribution in [0.1, 0.15) is 25.7 Å². The first-order valence-electron chi connectivity index (χ1n) is 8.09. The third-order valence-electron chi connectivity index (χ3n) is 4.87. The second-order valence-electron chi connectivity index (χ2n) is 6.65. The quantitative estimate of drug-likeness (QED) is 0.837. The summed E-state index contributed by atoms with van der Waals surface area (Å²) in [6, 6.07) is 3.88. The topological polar surface area (TPSA) is 94.1 Å². The van der Waals surface area contributed by atoms with Crippen molar-refractivity contribution < 1.29 is 9.59 Å². The third-order valence-corrected chi connectivity index (χ3v) is 4.87. The summed E-state index contributed by atoms with van der Waals surface area (Å²) in [6.45, 7) is 0. The molecule has 0 aliphatic heterocycles. The molecule has 4 rings (SSSR count). The van der Waals surface area contributed by atoms with Gasteiger partial charge in [-0.1, -0.05) is 0 Å². The molecule has 2 amide bonds. The van der Waals surface area contributed by atoms with Crippen LogP contribution in [0.15, 0.2) is 30.9 Å². The average molecular weight is 325 g/mol. The monoisotopic (exact) mass is 325 g/mol. The highest BCUT2D eigenvalue weighted by molar-refractivity contribution is 6.13. The number of anilines is 1. The van der Waals surface area contributed by atoms with Crippen molar-refractivity contribution in [3.05, 3.63) is 30.9 Å². The number of amides is 2. The number of hydrogen-bond donors (Lipinski definition) is 1. The Bertz CT molecular complexity index is 803. The van der Waals surface area contributed by atoms with E-state index in [4.69, 9.17) is 5.73 Å². The van der Waals surface area contributed by atoms with Crippen molar-refractivity contribution in [2.24, 2.45) is 18.2 Å². The lowest BCUT2D eigenvalue weighted by Crippen LogP contribution is -2.45. The van der Waals surface area contributed by atoms with E-state index in [2.05, 4.69) is 9.97 Å². The van der Waals surface area contributed by atoms with Gasteiger partial charge in [-0.3, -0.25) is 14.5 Å². The maximum atomic E-state index is 12.9. The van der Waals surface area contributed by atoms with Crippen LogP contribution in [0.25, 0.3) is 11.3 Å². The molecule has 0 saturated heterocycles. The highest BCUT2D eigenvalue weighted by atomic mass is 16.2. The normalized spacial score (nSPS) is 18.2. The summed E-state index contributed by atoms with van der Waals surface area (Å²) >= 11 is 0. The minimum Gasteiger partial charge on any atom is -0.369 e. The highest BCUT2D eigenvalue weighted by Crippen LogP contribution is 2.49. The Hall–Kier alpha value is -2.70. The number of primary amides is 1. The van der Waals surface area contributed by atoms with E-state index >= 15 is 0 Å². The van der Waals surface area contributed by atoms with E-state index in [0.29, 0.717) is 18.7 Å². The molecule has 2 N–H and O–H groups in total. The first kappa shape index (κ1) is 14.9. The molecule has 0 radical (unpaired) electrons. The summed E-state index contributed by atoms with van der Waals surface area (Å²) in [6.07, 6.45) is 8.19. The maximum absolute atomic E-state index is 12.9. The Kier molecular flexibility index (Phi) is 3.19. The Morgan fingerprint density at radius 1 is 1.29 bits per heavy atom. The first-order valence-corrected chi connectivity index (χ1v) is 8.09. The molecule has 7 heteroatoms. The number of carbonyl (C=O) groups is 2. The highest BCUT2D eigenvalue weighted by Gasteiger charge is 2.58. The molecular weight excluding hydrogens is 306 g/mol. The van der Waals surface area contributed by atoms with E-state index in [9.17, 15) is 9.59 Å². The van der Waals surface area contributed by atoms with Gasteiger partial charge in [0.05, 0.1) is 18.2 Å². The largest absolute Gasteiger partial charge is 0.369 e. The van der Waals surface area contributed by atoms with Crippen LogP contribution >= 0.6 is 0 Å². The van der Waals surface area contributed by atoms with Gasteiger partial charge in [-0.25, -0.2) is 9.97 Å². The number of aromatic nitrogens is 3. The van der Waals surface area contributed by atoms with Gasteiger partial charge in [-0.2, -0.15) is 0 Å². The number of aryl methyl sites for hydroxylation is 1. The minimum atomic E-state index is -1.01. The predicted octanol–water partition coefficient (Wildman–Crippen LogP) is 1.24. The van der Waals surface area contributed by atoms with Crippen LogP contribution < -0.4 is 10.6 Å². The Morgan fingerprint density at radius 2 is 2.04 bits per heavy atom. The van der Waals surface area contributed by atoms with Crippen molar-refractivity contribution in [1.82, 2.24) is 14.5 Å². The lowest BCUT2D eigenvalue weighted by Gasteiger charge is -2.25. The molecule has 0 aromatic carbocycles. The molecule has 2 aliphatic carbocycles. The molecule has 24 heavy (non-hydrogen) atoms. The number of pyridine rings is 1. The van der Waals surface area contributed by atoms with Crippen molar-refractivity contribution in [3.8, 4) is 11.3 Å². The summed E-state index contributed by atoms with van der Waals surface area (Å²) in [5, 5.41) is 0. The summed E-state index contributed by atoms with van der Waals surface area (Å²) in [4.78, 5) is 34.8. The van der Waals surface area contributed by atoms with Gasteiger partial charge in [0.1, 0.15) is 11.2 Å². The van der Waals surface area contributed by atoms with Gasteiger partial charge >= 0.3 is 0 Å². The zero-order chi connectivity index (χ0) is 16.9. The smallest absolute Gasteiger partial charge is 0.244 e. The van der Waals surface area contributed by atoms with Crippen molar-refractivity contribution >= 4 is 17.6 Å². The maximum Gasteiger partial charge on any atom is 0.244 e. The molecule has 2 aromatic rings. The first-order chi connectivity index (χ1) is 11.5. The molecule has 2 saturated carbocycles. The van der Waals surface area contributed by atoms with Gasteiger partial charge in [-0.15, -0.1) is 0 Å². The summed E-state index contributed by atoms with van der Waals surface area (Å²) < 4.78 is 1.91. The van der Waals surface area contributed by atoms with E-state index in [1.165, 1.54) is 0 Å². The number of imidazole rings is 1. The van der Waals surface area contributed by atoms with Crippen LogP contribution in [0.3, 0.4) is 0 Å². The summed E-state index contributed by atoms with van der Waals surface area (Å²) in [7, 11) is 1.92. The van der Waals surface area contributed by atoms with Crippen LogP contribution in [-0.2, 0) is 16.6 Å². The van der Waals surface area contributed by atoms with Gasteiger partial charge < -0.3 is 10.3 Å². The molecule has 0 atom stereocenters. The van der Waals surface area contributed by atoms with Gasteiger partial charge in [0.15, 0.2) is 0 Å². The molecule has 2 aliphatic rings. The van der Waals surface area contributed by atoms with Crippen molar-refractivity contribution in [2.45, 2.75) is 31.7 Å². The zero-order valence-electron chi connectivity index (χ0n) is 13.5. The van der Waals surface area contributed by atoms with Crippen molar-refractivity contribution in [3.63, 3.8) is 0 Å². The second-order valence-corrected chi connectivity index (χ2v) is 6.65. The Balaban J connectivity index is 1.64. The molecule has 124 valence electrons. The molecule has 0 bridgehead atoms. The minimum absolute atomic E-state index is 0.129. The van der Waals surface area contributed by atoms with Gasteiger partial charge in [-0.05, 0) is 37.8 Å². The zero-order valence-corrected chi connectivity index (χ0v) is 13.5. The molecule has 0 unspecified atom stereocenters. The average Bonchev–Trinajstić information content (AvgIpc) is 3.47. The molecule has 7 nitrogen and oxygen atoms in total. The van der Waals surface area contributed by atoms with E-state index in [1.54, 1.807) is 23.6 Å². The Morgan fingerprint density at radius 3 is 2.50 bits per heavy atom. The molecular formula is C17H19N5O2. The fourth-order valence-electron chi connectivity index (χ4n) is 3.03. The summed E-state index contributed by atoms with van der Waals surface area (Å²) in [5.41, 5.74) is 6.33. The molecule has 0 spiro atoms. The Labute approximate surface area is 139 Å². The van der Waals surface area contributed by atoms with Crippen molar-refractivity contribution in [2.75, 3.05) is 4.90 Å². The molecule has 2 fully saturated rings. The van der Waals surface area contributed by atoms with Gasteiger partial charge in [0, 0.05) is 24.8 Å². The number of nitrogens with two attached hydrogens (primary N) is 1.